The zero-order valence-corrected chi connectivity index (χ0v) is 9.12. The van der Waals surface area contributed by atoms with E-state index in [1.165, 1.54) is 4.90 Å². The van der Waals surface area contributed by atoms with Gasteiger partial charge < -0.3 is 14.7 Å². The van der Waals surface area contributed by atoms with Gasteiger partial charge in [-0.2, -0.15) is 0 Å². The van der Waals surface area contributed by atoms with Gasteiger partial charge in [-0.1, -0.05) is 6.92 Å². The van der Waals surface area contributed by atoms with Crippen LogP contribution in [0, 0.1) is 0 Å². The van der Waals surface area contributed by atoms with Crippen molar-refractivity contribution in [2.45, 2.75) is 19.4 Å². The molecule has 2 N–H and O–H groups in total. The Labute approximate surface area is 85.0 Å². The Morgan fingerprint density at radius 1 is 1.64 bits per heavy atom. The van der Waals surface area contributed by atoms with E-state index < -0.39 is 0 Å². The van der Waals surface area contributed by atoms with Crippen molar-refractivity contribution in [3.8, 4) is 0 Å². The molecule has 0 unspecified atom stereocenters. The summed E-state index contributed by atoms with van der Waals surface area (Å²) in [5, 5.41) is 11.6. The number of nitrogens with one attached hydrogen (secondary N) is 1. The second-order valence-corrected chi connectivity index (χ2v) is 3.08. The molecule has 0 spiro atoms. The van der Waals surface area contributed by atoms with Gasteiger partial charge in [0.2, 0.25) is 5.91 Å². The lowest BCUT2D eigenvalue weighted by Gasteiger charge is -2.22. The number of nitrogens with zero attached hydrogens (tertiary/aromatic N) is 1. The van der Waals surface area contributed by atoms with Crippen LogP contribution in [-0.2, 0) is 9.53 Å². The van der Waals surface area contributed by atoms with Crippen LogP contribution in [0.5, 0.6) is 0 Å². The number of hydrogen-bond donors (Lipinski definition) is 2. The van der Waals surface area contributed by atoms with Crippen molar-refractivity contribution >= 4 is 5.91 Å². The first-order valence-electron chi connectivity index (χ1n) is 4.75. The molecule has 0 rings (SSSR count). The fraction of sp³-hybridized carbons (Fsp3) is 0.889. The number of aliphatic hydroxyl groups is 1. The number of methoxy groups -OCH3 is 1. The zero-order chi connectivity index (χ0) is 11.0. The number of carbonyl (C=O) groups excluding carboxylic acids is 1. The maximum absolute atomic E-state index is 11.7. The van der Waals surface area contributed by atoms with E-state index in [4.69, 9.17) is 9.84 Å². The minimum absolute atomic E-state index is 0.0110. The molecule has 0 bridgehead atoms. The second-order valence-electron chi connectivity index (χ2n) is 3.08. The lowest BCUT2D eigenvalue weighted by atomic mass is 10.2. The predicted octanol–water partition coefficient (Wildman–Crippen LogP) is -0.591. The number of ether oxygens (including phenoxy) is 1. The normalized spacial score (nSPS) is 12.6. The zero-order valence-electron chi connectivity index (χ0n) is 9.12. The minimum atomic E-state index is -0.230. The number of hydrogen-bond acceptors (Lipinski definition) is 4. The highest BCUT2D eigenvalue weighted by Gasteiger charge is 2.18. The highest BCUT2D eigenvalue weighted by Crippen LogP contribution is 1.96. The van der Waals surface area contributed by atoms with Crippen LogP contribution in [-0.4, -0.2) is 56.0 Å². The summed E-state index contributed by atoms with van der Waals surface area (Å²) in [5.74, 6) is -0.0152. The number of rotatable bonds is 7. The fourth-order valence-electron chi connectivity index (χ4n) is 1.12. The molecule has 1 amide bonds. The molecule has 0 aromatic rings. The molecular formula is C9H20N2O3. The van der Waals surface area contributed by atoms with E-state index in [1.807, 2.05) is 6.92 Å². The average Bonchev–Trinajstić information content (AvgIpc) is 2.19. The van der Waals surface area contributed by atoms with Crippen molar-refractivity contribution in [2.75, 3.05) is 34.0 Å². The maximum Gasteiger partial charge on any atom is 0.239 e. The first-order chi connectivity index (χ1) is 6.67. The lowest BCUT2D eigenvalue weighted by molar-refractivity contribution is -0.133. The standard InChI is InChI=1S/C9H20N2O3/c1-4-8(10-7-14-3)9(13)11(2)5-6-12/h8,10,12H,4-7H2,1-3H3/t8-/m0/s1. The molecule has 0 fully saturated rings. The third kappa shape index (κ3) is 4.55. The minimum Gasteiger partial charge on any atom is -0.395 e. The summed E-state index contributed by atoms with van der Waals surface area (Å²) in [4.78, 5) is 13.2. The predicted molar refractivity (Wildman–Crippen MR) is 53.8 cm³/mol. The van der Waals surface area contributed by atoms with Crippen LogP contribution < -0.4 is 5.32 Å². The summed E-state index contributed by atoms with van der Waals surface area (Å²) in [5.41, 5.74) is 0. The third-order valence-corrected chi connectivity index (χ3v) is 1.99. The quantitative estimate of drug-likeness (QED) is 0.544. The Kier molecular flexibility index (Phi) is 7.37. The van der Waals surface area contributed by atoms with Crippen molar-refractivity contribution < 1.29 is 14.6 Å². The number of carbonyl (C=O) groups is 1. The van der Waals surface area contributed by atoms with Gasteiger partial charge in [0.25, 0.3) is 0 Å². The lowest BCUT2D eigenvalue weighted by Crippen LogP contribution is -2.46. The van der Waals surface area contributed by atoms with E-state index in [0.29, 0.717) is 19.7 Å². The van der Waals surface area contributed by atoms with Crippen LogP contribution in [0.4, 0.5) is 0 Å². The summed E-state index contributed by atoms with van der Waals surface area (Å²) in [6.07, 6.45) is 0.706. The van der Waals surface area contributed by atoms with Crippen LogP contribution in [0.2, 0.25) is 0 Å². The van der Waals surface area contributed by atoms with Gasteiger partial charge in [0.1, 0.15) is 0 Å². The molecule has 0 saturated carbocycles. The smallest absolute Gasteiger partial charge is 0.239 e. The maximum atomic E-state index is 11.7. The van der Waals surface area contributed by atoms with Gasteiger partial charge in [0.05, 0.1) is 19.4 Å². The van der Waals surface area contributed by atoms with Gasteiger partial charge in [-0.25, -0.2) is 0 Å². The fourth-order valence-corrected chi connectivity index (χ4v) is 1.12. The molecule has 1 atom stereocenters. The molecule has 0 aromatic carbocycles. The van der Waals surface area contributed by atoms with Gasteiger partial charge in [0, 0.05) is 20.7 Å². The summed E-state index contributed by atoms with van der Waals surface area (Å²) in [7, 11) is 3.25. The van der Waals surface area contributed by atoms with Crippen LogP contribution >= 0.6 is 0 Å². The molecule has 0 saturated heterocycles. The second kappa shape index (κ2) is 7.73. The third-order valence-electron chi connectivity index (χ3n) is 1.99. The van der Waals surface area contributed by atoms with Crippen LogP contribution in [0.15, 0.2) is 0 Å². The summed E-state index contributed by atoms with van der Waals surface area (Å²) in [6.45, 7) is 2.64. The molecule has 84 valence electrons. The van der Waals surface area contributed by atoms with Gasteiger partial charge in [-0.3, -0.25) is 10.1 Å². The van der Waals surface area contributed by atoms with Gasteiger partial charge in [-0.05, 0) is 6.42 Å². The van der Waals surface area contributed by atoms with Crippen molar-refractivity contribution in [2.24, 2.45) is 0 Å². The highest BCUT2D eigenvalue weighted by molar-refractivity contribution is 5.81. The van der Waals surface area contributed by atoms with E-state index in [2.05, 4.69) is 5.32 Å². The van der Waals surface area contributed by atoms with E-state index in [-0.39, 0.29) is 18.6 Å². The van der Waals surface area contributed by atoms with Crippen LogP contribution in [0.3, 0.4) is 0 Å². The molecule has 0 aliphatic heterocycles. The van der Waals surface area contributed by atoms with Gasteiger partial charge in [-0.15, -0.1) is 0 Å². The molecule has 0 aliphatic carbocycles. The van der Waals surface area contributed by atoms with Crippen molar-refractivity contribution in [1.29, 1.82) is 0 Å². The van der Waals surface area contributed by atoms with Gasteiger partial charge in [0.15, 0.2) is 0 Å². The molecule has 0 heterocycles. The molecule has 0 aromatic heterocycles. The monoisotopic (exact) mass is 204 g/mol. The summed E-state index contributed by atoms with van der Waals surface area (Å²) >= 11 is 0. The Bertz CT molecular complexity index is 164. The SMILES string of the molecule is CC[C@H](NCOC)C(=O)N(C)CCO. The summed E-state index contributed by atoms with van der Waals surface area (Å²) in [6, 6.07) is -0.230. The highest BCUT2D eigenvalue weighted by atomic mass is 16.5. The van der Waals surface area contributed by atoms with E-state index in [0.717, 1.165) is 0 Å². The first kappa shape index (κ1) is 13.4. The molecule has 5 nitrogen and oxygen atoms in total. The Morgan fingerprint density at radius 2 is 2.29 bits per heavy atom. The summed E-state index contributed by atoms with van der Waals surface area (Å²) < 4.78 is 4.83. The molecule has 14 heavy (non-hydrogen) atoms. The van der Waals surface area contributed by atoms with E-state index in [9.17, 15) is 4.79 Å². The average molecular weight is 204 g/mol. The van der Waals surface area contributed by atoms with Crippen molar-refractivity contribution in [1.82, 2.24) is 10.2 Å². The van der Waals surface area contributed by atoms with Crippen molar-refractivity contribution in [3.05, 3.63) is 0 Å². The molecule has 0 aliphatic rings. The van der Waals surface area contributed by atoms with Crippen molar-refractivity contribution in [3.63, 3.8) is 0 Å². The number of amides is 1. The Morgan fingerprint density at radius 3 is 2.71 bits per heavy atom. The van der Waals surface area contributed by atoms with Crippen LogP contribution in [0.1, 0.15) is 13.3 Å². The molecule has 0 radical (unpaired) electrons. The van der Waals surface area contributed by atoms with E-state index in [1.54, 1.807) is 14.2 Å². The number of likely N-dealkylation sites (N-methyl/N-ethyl adjacent to an activating group) is 1. The Balaban J connectivity index is 4.01. The van der Waals surface area contributed by atoms with Gasteiger partial charge >= 0.3 is 0 Å². The molecule has 5 heteroatoms. The van der Waals surface area contributed by atoms with Crippen LogP contribution in [0.25, 0.3) is 0 Å². The number of aliphatic hydroxyl groups excluding tert-OH is 1. The Hall–Kier alpha value is -0.650. The molecular weight excluding hydrogens is 184 g/mol. The topological polar surface area (TPSA) is 61.8 Å². The van der Waals surface area contributed by atoms with E-state index >= 15 is 0 Å². The largest absolute Gasteiger partial charge is 0.395 e. The first-order valence-corrected chi connectivity index (χ1v) is 4.75.